The molecule has 0 radical (unpaired) electrons. The standard InChI is InChI=1S/C17H20ClF3N4O2S2/c1-22-10(6-17(9-19)2-3-17)7-23-13-5-12(20)14(4-11(13)18)29(26,27)25-16-24-8-15(21)28-16/h4-5,8,10,22-23H,2-3,6-7,9H2,1H3,(H,24,25). The van der Waals surface area contributed by atoms with Crippen molar-refractivity contribution >= 4 is 43.8 Å². The molecule has 0 amide bonds. The quantitative estimate of drug-likeness (QED) is 0.490. The molecule has 3 rings (SSSR count). The molecule has 0 bridgehead atoms. The predicted molar refractivity (Wildman–Crippen MR) is 108 cm³/mol. The summed E-state index contributed by atoms with van der Waals surface area (Å²) >= 11 is 6.62. The molecular weight excluding hydrogens is 449 g/mol. The fourth-order valence-electron chi connectivity index (χ4n) is 2.94. The van der Waals surface area contributed by atoms with Crippen molar-refractivity contribution in [3.63, 3.8) is 0 Å². The van der Waals surface area contributed by atoms with Gasteiger partial charge in [0, 0.05) is 18.0 Å². The van der Waals surface area contributed by atoms with Crippen LogP contribution in [-0.4, -0.2) is 39.7 Å². The highest BCUT2D eigenvalue weighted by atomic mass is 35.5. The Morgan fingerprint density at radius 2 is 2.07 bits per heavy atom. The van der Waals surface area contributed by atoms with Crippen molar-refractivity contribution in [1.82, 2.24) is 10.3 Å². The van der Waals surface area contributed by atoms with Crippen LogP contribution in [-0.2, 0) is 10.0 Å². The Morgan fingerprint density at radius 1 is 1.34 bits per heavy atom. The molecule has 0 aliphatic heterocycles. The molecule has 1 unspecified atom stereocenters. The summed E-state index contributed by atoms with van der Waals surface area (Å²) in [6.07, 6.45) is 3.18. The molecule has 1 heterocycles. The second-order valence-corrected chi connectivity index (χ2v) is 10.1. The van der Waals surface area contributed by atoms with Crippen molar-refractivity contribution in [2.45, 2.75) is 30.2 Å². The van der Waals surface area contributed by atoms with E-state index in [1.165, 1.54) is 0 Å². The van der Waals surface area contributed by atoms with E-state index in [0.29, 0.717) is 24.3 Å². The summed E-state index contributed by atoms with van der Waals surface area (Å²) in [5, 5.41) is 5.17. The highest BCUT2D eigenvalue weighted by molar-refractivity contribution is 7.93. The van der Waals surface area contributed by atoms with E-state index in [0.717, 1.165) is 31.2 Å². The molecule has 1 aliphatic rings. The zero-order valence-electron chi connectivity index (χ0n) is 15.4. The minimum Gasteiger partial charge on any atom is -0.382 e. The van der Waals surface area contributed by atoms with Crippen LogP contribution in [0.25, 0.3) is 0 Å². The van der Waals surface area contributed by atoms with Gasteiger partial charge in [0.1, 0.15) is 10.7 Å². The highest BCUT2D eigenvalue weighted by Crippen LogP contribution is 2.49. The molecule has 6 nitrogen and oxygen atoms in total. The molecule has 2 aromatic rings. The first-order chi connectivity index (χ1) is 13.7. The number of rotatable bonds is 10. The molecule has 0 saturated heterocycles. The van der Waals surface area contributed by atoms with Gasteiger partial charge in [0.25, 0.3) is 10.0 Å². The second kappa shape index (κ2) is 8.66. The zero-order chi connectivity index (χ0) is 21.2. The van der Waals surface area contributed by atoms with E-state index in [9.17, 15) is 21.6 Å². The summed E-state index contributed by atoms with van der Waals surface area (Å²) in [5.74, 6) is -1.02. The van der Waals surface area contributed by atoms with Crippen LogP contribution in [0.1, 0.15) is 19.3 Å². The van der Waals surface area contributed by atoms with Crippen molar-refractivity contribution in [2.75, 3.05) is 30.3 Å². The molecule has 1 atom stereocenters. The van der Waals surface area contributed by atoms with Gasteiger partial charge in [-0.1, -0.05) is 22.9 Å². The van der Waals surface area contributed by atoms with E-state index >= 15 is 0 Å². The lowest BCUT2D eigenvalue weighted by Gasteiger charge is -2.22. The van der Waals surface area contributed by atoms with Crippen molar-refractivity contribution in [3.05, 3.63) is 34.3 Å². The maximum Gasteiger partial charge on any atom is 0.266 e. The van der Waals surface area contributed by atoms with Gasteiger partial charge in [0.15, 0.2) is 10.3 Å². The molecule has 160 valence electrons. The Kier molecular flexibility index (Phi) is 6.61. The Bertz CT molecular complexity index is 983. The monoisotopic (exact) mass is 468 g/mol. The summed E-state index contributed by atoms with van der Waals surface area (Å²) in [4.78, 5) is 2.87. The smallest absolute Gasteiger partial charge is 0.266 e. The van der Waals surface area contributed by atoms with Crippen LogP contribution in [0.2, 0.25) is 5.02 Å². The molecule has 1 fully saturated rings. The van der Waals surface area contributed by atoms with Crippen molar-refractivity contribution in [2.24, 2.45) is 5.41 Å². The summed E-state index contributed by atoms with van der Waals surface area (Å²) < 4.78 is 67.4. The van der Waals surface area contributed by atoms with Crippen molar-refractivity contribution in [1.29, 1.82) is 0 Å². The molecule has 0 spiro atoms. The second-order valence-electron chi connectivity index (χ2n) is 7.04. The molecule has 1 aromatic carbocycles. The summed E-state index contributed by atoms with van der Waals surface area (Å²) in [6, 6.07) is 1.90. The fourth-order valence-corrected chi connectivity index (χ4v) is 5.11. The maximum absolute atomic E-state index is 14.5. The lowest BCUT2D eigenvalue weighted by atomic mass is 9.98. The first-order valence-corrected chi connectivity index (χ1v) is 11.5. The van der Waals surface area contributed by atoms with E-state index in [1.54, 1.807) is 7.05 Å². The van der Waals surface area contributed by atoms with Gasteiger partial charge in [0.05, 0.1) is 23.6 Å². The lowest BCUT2D eigenvalue weighted by molar-refractivity contribution is 0.295. The number of likely N-dealkylation sites (N-methyl/N-ethyl adjacent to an activating group) is 1. The molecule has 12 heteroatoms. The number of hydrogen-bond acceptors (Lipinski definition) is 6. The first kappa shape index (κ1) is 22.1. The van der Waals surface area contributed by atoms with Crippen LogP contribution in [0.15, 0.2) is 23.2 Å². The number of alkyl halides is 1. The molecule has 1 aliphatic carbocycles. The van der Waals surface area contributed by atoms with E-state index in [4.69, 9.17) is 11.6 Å². The average Bonchev–Trinajstić information content (AvgIpc) is 3.34. The third kappa shape index (κ3) is 5.33. The number of nitrogens with one attached hydrogen (secondary N) is 3. The number of halogens is 4. The molecule has 29 heavy (non-hydrogen) atoms. The van der Waals surface area contributed by atoms with Gasteiger partial charge in [-0.3, -0.25) is 9.11 Å². The summed E-state index contributed by atoms with van der Waals surface area (Å²) in [6.45, 7) is -0.0106. The Morgan fingerprint density at radius 3 is 2.62 bits per heavy atom. The van der Waals surface area contributed by atoms with Gasteiger partial charge in [-0.15, -0.1) is 0 Å². The SMILES string of the molecule is CNC(CNc1cc(F)c(S(=O)(=O)Nc2ncc(F)s2)cc1Cl)CC1(CF)CC1. The number of hydrogen-bond donors (Lipinski definition) is 3. The van der Waals surface area contributed by atoms with Gasteiger partial charge >= 0.3 is 0 Å². The van der Waals surface area contributed by atoms with Crippen LogP contribution < -0.4 is 15.4 Å². The van der Waals surface area contributed by atoms with Gasteiger partial charge < -0.3 is 10.6 Å². The summed E-state index contributed by atoms with van der Waals surface area (Å²) in [7, 11) is -2.58. The van der Waals surface area contributed by atoms with E-state index < -0.39 is 25.9 Å². The van der Waals surface area contributed by atoms with Crippen molar-refractivity contribution in [3.8, 4) is 0 Å². The fraction of sp³-hybridized carbons (Fsp3) is 0.471. The number of thiazole rings is 1. The highest BCUT2D eigenvalue weighted by Gasteiger charge is 2.44. The molecular formula is C17H20ClF3N4O2S2. The van der Waals surface area contributed by atoms with Crippen LogP contribution in [0.3, 0.4) is 0 Å². The number of benzene rings is 1. The van der Waals surface area contributed by atoms with E-state index in [-0.39, 0.29) is 34.0 Å². The van der Waals surface area contributed by atoms with Crippen LogP contribution in [0.5, 0.6) is 0 Å². The van der Waals surface area contributed by atoms with Crippen LogP contribution in [0, 0.1) is 16.4 Å². The normalized spacial score (nSPS) is 16.4. The van der Waals surface area contributed by atoms with E-state index in [1.807, 2.05) is 4.72 Å². The maximum atomic E-state index is 14.5. The number of sulfonamides is 1. The number of aromatic nitrogens is 1. The first-order valence-electron chi connectivity index (χ1n) is 8.78. The molecule has 1 saturated carbocycles. The van der Waals surface area contributed by atoms with Gasteiger partial charge in [-0.2, -0.15) is 4.39 Å². The molecule has 1 aromatic heterocycles. The van der Waals surface area contributed by atoms with Gasteiger partial charge in [-0.05, 0) is 38.4 Å². The Balaban J connectivity index is 1.71. The third-order valence-corrected chi connectivity index (χ3v) is 7.37. The van der Waals surface area contributed by atoms with Gasteiger partial charge in [-0.25, -0.2) is 17.8 Å². The third-order valence-electron chi connectivity index (χ3n) is 4.88. The lowest BCUT2D eigenvalue weighted by Crippen LogP contribution is -2.35. The average molecular weight is 469 g/mol. The molecule has 3 N–H and O–H groups in total. The Hall–Kier alpha value is -1.56. The summed E-state index contributed by atoms with van der Waals surface area (Å²) in [5.41, 5.74) is -0.0581. The van der Waals surface area contributed by atoms with Crippen LogP contribution >= 0.6 is 22.9 Å². The largest absolute Gasteiger partial charge is 0.382 e. The minimum atomic E-state index is -4.33. The van der Waals surface area contributed by atoms with E-state index in [2.05, 4.69) is 15.6 Å². The van der Waals surface area contributed by atoms with Crippen molar-refractivity contribution < 1.29 is 21.6 Å². The minimum absolute atomic E-state index is 0.00132. The van der Waals surface area contributed by atoms with Crippen LogP contribution in [0.4, 0.5) is 24.0 Å². The topological polar surface area (TPSA) is 83.1 Å². The number of anilines is 2. The predicted octanol–water partition coefficient (Wildman–Crippen LogP) is 4.02. The number of nitrogens with zero attached hydrogens (tertiary/aromatic N) is 1. The Labute approximate surface area is 175 Å². The van der Waals surface area contributed by atoms with Gasteiger partial charge in [0.2, 0.25) is 0 Å². The zero-order valence-corrected chi connectivity index (χ0v) is 17.8.